The van der Waals surface area contributed by atoms with Gasteiger partial charge in [-0.05, 0) is 36.8 Å². The molecule has 1 aliphatic heterocycles. The fourth-order valence-electron chi connectivity index (χ4n) is 3.75. The van der Waals surface area contributed by atoms with Gasteiger partial charge in [0, 0.05) is 18.5 Å². The molecular weight excluding hydrogens is 286 g/mol. The van der Waals surface area contributed by atoms with Gasteiger partial charge in [0.05, 0.1) is 24.4 Å². The Morgan fingerprint density at radius 2 is 1.77 bits per heavy atom. The fourth-order valence-corrected chi connectivity index (χ4v) is 3.75. The molecule has 1 saturated carbocycles. The molecule has 1 aliphatic carbocycles. The van der Waals surface area contributed by atoms with Gasteiger partial charge in [-0.3, -0.25) is 0 Å². The SMILES string of the molecule is NCC1OC(C2CC(O)CC(O)C2)Cc2c1ccc(O)c2O. The van der Waals surface area contributed by atoms with Crippen LogP contribution in [-0.2, 0) is 11.2 Å². The van der Waals surface area contributed by atoms with Crippen molar-refractivity contribution >= 4 is 0 Å². The van der Waals surface area contributed by atoms with Gasteiger partial charge in [-0.2, -0.15) is 0 Å². The van der Waals surface area contributed by atoms with Crippen LogP contribution in [0.1, 0.15) is 36.5 Å². The third-order valence-corrected chi connectivity index (χ3v) is 4.82. The first kappa shape index (κ1) is 15.6. The monoisotopic (exact) mass is 309 g/mol. The predicted molar refractivity (Wildman–Crippen MR) is 79.5 cm³/mol. The third kappa shape index (κ3) is 2.79. The molecule has 0 amide bonds. The van der Waals surface area contributed by atoms with Crippen LogP contribution in [0.2, 0.25) is 0 Å². The Kier molecular flexibility index (Phi) is 4.27. The van der Waals surface area contributed by atoms with Crippen LogP contribution < -0.4 is 5.73 Å². The maximum absolute atomic E-state index is 10.1. The number of benzene rings is 1. The van der Waals surface area contributed by atoms with Gasteiger partial charge in [0.1, 0.15) is 0 Å². The molecule has 0 saturated heterocycles. The third-order valence-electron chi connectivity index (χ3n) is 4.82. The smallest absolute Gasteiger partial charge is 0.161 e. The number of nitrogens with two attached hydrogens (primary N) is 1. The fraction of sp³-hybridized carbons (Fsp3) is 0.625. The van der Waals surface area contributed by atoms with E-state index in [9.17, 15) is 20.4 Å². The van der Waals surface area contributed by atoms with Crippen LogP contribution >= 0.6 is 0 Å². The summed E-state index contributed by atoms with van der Waals surface area (Å²) < 4.78 is 6.05. The lowest BCUT2D eigenvalue weighted by molar-refractivity contribution is -0.0895. The van der Waals surface area contributed by atoms with Crippen LogP contribution in [0.15, 0.2) is 12.1 Å². The number of hydrogen-bond acceptors (Lipinski definition) is 6. The first-order chi connectivity index (χ1) is 10.5. The van der Waals surface area contributed by atoms with Crippen molar-refractivity contribution in [1.29, 1.82) is 0 Å². The number of phenols is 2. The maximum atomic E-state index is 10.1. The Hall–Kier alpha value is -1.34. The first-order valence-electron chi connectivity index (χ1n) is 7.75. The van der Waals surface area contributed by atoms with Crippen LogP contribution in [-0.4, -0.2) is 45.3 Å². The molecule has 3 rings (SSSR count). The minimum Gasteiger partial charge on any atom is -0.504 e. The summed E-state index contributed by atoms with van der Waals surface area (Å²) in [7, 11) is 0. The van der Waals surface area contributed by atoms with E-state index in [4.69, 9.17) is 10.5 Å². The van der Waals surface area contributed by atoms with E-state index in [1.165, 1.54) is 6.07 Å². The number of aromatic hydroxyl groups is 2. The predicted octanol–water partition coefficient (Wildman–Crippen LogP) is 0.561. The van der Waals surface area contributed by atoms with E-state index in [2.05, 4.69) is 0 Å². The molecule has 1 heterocycles. The van der Waals surface area contributed by atoms with Crippen LogP contribution in [0.25, 0.3) is 0 Å². The number of ether oxygens (including phenoxy) is 1. The Balaban J connectivity index is 1.88. The van der Waals surface area contributed by atoms with Crippen molar-refractivity contribution in [3.63, 3.8) is 0 Å². The lowest BCUT2D eigenvalue weighted by atomic mass is 9.78. The summed E-state index contributed by atoms with van der Waals surface area (Å²) in [5, 5.41) is 39.6. The average molecular weight is 309 g/mol. The molecule has 6 heteroatoms. The van der Waals surface area contributed by atoms with Crippen molar-refractivity contribution in [2.75, 3.05) is 6.54 Å². The Bertz CT molecular complexity index is 540. The van der Waals surface area contributed by atoms with Crippen molar-refractivity contribution in [1.82, 2.24) is 0 Å². The first-order valence-corrected chi connectivity index (χ1v) is 7.75. The van der Waals surface area contributed by atoms with Crippen LogP contribution in [0.3, 0.4) is 0 Å². The zero-order valence-corrected chi connectivity index (χ0v) is 12.4. The number of rotatable bonds is 2. The highest BCUT2D eigenvalue weighted by Crippen LogP contribution is 2.43. The van der Waals surface area contributed by atoms with Gasteiger partial charge in [0.15, 0.2) is 11.5 Å². The molecule has 6 N–H and O–H groups in total. The summed E-state index contributed by atoms with van der Waals surface area (Å²) in [4.78, 5) is 0. The highest BCUT2D eigenvalue weighted by atomic mass is 16.5. The van der Waals surface area contributed by atoms with Crippen molar-refractivity contribution in [2.45, 2.75) is 50.1 Å². The van der Waals surface area contributed by atoms with Crippen LogP contribution in [0, 0.1) is 5.92 Å². The van der Waals surface area contributed by atoms with E-state index in [1.54, 1.807) is 6.07 Å². The molecule has 0 spiro atoms. The second-order valence-corrected chi connectivity index (χ2v) is 6.38. The molecule has 1 aromatic carbocycles. The highest BCUT2D eigenvalue weighted by Gasteiger charge is 2.38. The zero-order valence-electron chi connectivity index (χ0n) is 12.4. The van der Waals surface area contributed by atoms with Crippen LogP contribution in [0.5, 0.6) is 11.5 Å². The standard InChI is InChI=1S/C16H23NO5/c17-7-15-11-1-2-13(20)16(21)12(11)6-14(22-15)8-3-9(18)5-10(19)4-8/h1-2,8-10,14-15,18-21H,3-7,17H2. The second-order valence-electron chi connectivity index (χ2n) is 6.38. The minimum absolute atomic E-state index is 0.00250. The molecule has 122 valence electrons. The Morgan fingerprint density at radius 1 is 1.09 bits per heavy atom. The molecule has 4 unspecified atom stereocenters. The molecular formula is C16H23NO5. The highest BCUT2D eigenvalue weighted by molar-refractivity contribution is 5.51. The van der Waals surface area contributed by atoms with Gasteiger partial charge >= 0.3 is 0 Å². The number of aliphatic hydroxyl groups excluding tert-OH is 2. The molecule has 6 nitrogen and oxygen atoms in total. The largest absolute Gasteiger partial charge is 0.504 e. The lowest BCUT2D eigenvalue weighted by Gasteiger charge is -2.40. The van der Waals surface area contributed by atoms with Crippen molar-refractivity contribution in [3.8, 4) is 11.5 Å². The van der Waals surface area contributed by atoms with E-state index in [0.717, 1.165) is 5.56 Å². The summed E-state index contributed by atoms with van der Waals surface area (Å²) >= 11 is 0. The average Bonchev–Trinajstić information content (AvgIpc) is 2.49. The molecule has 2 aliphatic rings. The summed E-state index contributed by atoms with van der Waals surface area (Å²) in [5.74, 6) is -0.275. The van der Waals surface area contributed by atoms with Gasteiger partial charge in [-0.25, -0.2) is 0 Å². The molecule has 1 fully saturated rings. The van der Waals surface area contributed by atoms with Gasteiger partial charge < -0.3 is 30.9 Å². The molecule has 4 atom stereocenters. The van der Waals surface area contributed by atoms with E-state index in [-0.39, 0.29) is 36.2 Å². The van der Waals surface area contributed by atoms with Crippen molar-refractivity contribution in [2.24, 2.45) is 11.7 Å². The molecule has 22 heavy (non-hydrogen) atoms. The van der Waals surface area contributed by atoms with Gasteiger partial charge in [-0.15, -0.1) is 0 Å². The van der Waals surface area contributed by atoms with Gasteiger partial charge in [-0.1, -0.05) is 6.07 Å². The summed E-state index contributed by atoms with van der Waals surface area (Å²) in [6, 6.07) is 3.16. The molecule has 1 aromatic rings. The number of aliphatic hydroxyl groups is 2. The van der Waals surface area contributed by atoms with Crippen molar-refractivity contribution < 1.29 is 25.2 Å². The Labute approximate surface area is 129 Å². The number of fused-ring (bicyclic) bond motifs is 1. The van der Waals surface area contributed by atoms with E-state index in [1.807, 2.05) is 0 Å². The number of phenolic OH excluding ortho intramolecular Hbond substituents is 2. The van der Waals surface area contributed by atoms with Crippen molar-refractivity contribution in [3.05, 3.63) is 23.3 Å². The van der Waals surface area contributed by atoms with E-state index < -0.39 is 12.2 Å². The minimum atomic E-state index is -0.534. The quantitative estimate of drug-likeness (QED) is 0.510. The normalized spacial score (nSPS) is 35.1. The van der Waals surface area contributed by atoms with Gasteiger partial charge in [0.25, 0.3) is 0 Å². The number of hydrogen-bond donors (Lipinski definition) is 5. The van der Waals surface area contributed by atoms with Gasteiger partial charge in [0.2, 0.25) is 0 Å². The summed E-state index contributed by atoms with van der Waals surface area (Å²) in [6.07, 6.45) is 0.306. The zero-order chi connectivity index (χ0) is 15.9. The Morgan fingerprint density at radius 3 is 2.41 bits per heavy atom. The summed E-state index contributed by atoms with van der Waals surface area (Å²) in [6.45, 7) is 0.269. The molecule has 0 aromatic heterocycles. The second kappa shape index (κ2) is 6.04. The molecule has 0 radical (unpaired) electrons. The van der Waals surface area contributed by atoms with E-state index in [0.29, 0.717) is 31.2 Å². The molecule has 0 bridgehead atoms. The topological polar surface area (TPSA) is 116 Å². The summed E-state index contributed by atoms with van der Waals surface area (Å²) in [5.41, 5.74) is 7.24. The maximum Gasteiger partial charge on any atom is 0.161 e. The lowest BCUT2D eigenvalue weighted by Crippen LogP contribution is -2.41. The van der Waals surface area contributed by atoms with E-state index >= 15 is 0 Å². The van der Waals surface area contributed by atoms with Crippen LogP contribution in [0.4, 0.5) is 0 Å².